The Morgan fingerprint density at radius 3 is 2.41 bits per heavy atom. The number of nitrogens with zero attached hydrogens (tertiary/aromatic N) is 1. The first-order chi connectivity index (χ1) is 15.6. The van der Waals surface area contributed by atoms with Gasteiger partial charge in [0.1, 0.15) is 17.6 Å². The number of hydrogen-bond donors (Lipinski definition) is 1. The van der Waals surface area contributed by atoms with Crippen molar-refractivity contribution < 1.29 is 18.7 Å². The monoisotopic (exact) mass is 440 g/mol. The molecule has 0 aliphatic heterocycles. The van der Waals surface area contributed by atoms with E-state index in [1.165, 1.54) is 30.7 Å². The molecule has 2 amide bonds. The Kier molecular flexibility index (Phi) is 9.08. The summed E-state index contributed by atoms with van der Waals surface area (Å²) in [6.45, 7) is 2.15. The fourth-order valence-electron chi connectivity index (χ4n) is 4.20. The Bertz CT molecular complexity index is 851. The molecular weight excluding hydrogens is 407 g/mol. The van der Waals surface area contributed by atoms with E-state index in [-0.39, 0.29) is 30.3 Å². The van der Waals surface area contributed by atoms with Crippen LogP contribution in [-0.4, -0.2) is 41.9 Å². The van der Waals surface area contributed by atoms with Gasteiger partial charge >= 0.3 is 0 Å². The van der Waals surface area contributed by atoms with E-state index in [1.807, 2.05) is 37.3 Å². The Morgan fingerprint density at radius 1 is 1.06 bits per heavy atom. The Balaban J connectivity index is 1.68. The lowest BCUT2D eigenvalue weighted by Crippen LogP contribution is -2.53. The van der Waals surface area contributed by atoms with E-state index in [0.717, 1.165) is 31.2 Å². The second kappa shape index (κ2) is 12.2. The van der Waals surface area contributed by atoms with Gasteiger partial charge in [0.2, 0.25) is 5.91 Å². The van der Waals surface area contributed by atoms with Crippen LogP contribution in [0.25, 0.3) is 0 Å². The maximum absolute atomic E-state index is 13.1. The van der Waals surface area contributed by atoms with E-state index in [0.29, 0.717) is 25.1 Å². The Hall–Kier alpha value is -2.89. The summed E-state index contributed by atoms with van der Waals surface area (Å²) in [5, 5.41) is 3.17. The standard InChI is InChI=1S/C26H33FN2O3/c1-2-24(26(31)28-22-11-7-4-8-12-22)29(18-17-20-9-5-3-6-10-20)25(30)19-32-23-15-13-21(27)14-16-23/h3,5-6,9-10,13-16,22,24H,2,4,7-8,11-12,17-19H2,1H3,(H,28,31)/t24-/m0/s1. The molecule has 1 aliphatic rings. The van der Waals surface area contributed by atoms with Gasteiger partial charge in [0.05, 0.1) is 0 Å². The minimum Gasteiger partial charge on any atom is -0.484 e. The van der Waals surface area contributed by atoms with Gasteiger partial charge in [0.25, 0.3) is 5.91 Å². The molecule has 5 nitrogen and oxygen atoms in total. The first kappa shape index (κ1) is 23.8. The number of amides is 2. The number of halogens is 1. The summed E-state index contributed by atoms with van der Waals surface area (Å²) in [4.78, 5) is 27.9. The normalized spacial score (nSPS) is 15.1. The maximum atomic E-state index is 13.1. The Labute approximate surface area is 190 Å². The molecular formula is C26H33FN2O3. The van der Waals surface area contributed by atoms with Gasteiger partial charge in [0, 0.05) is 12.6 Å². The molecule has 0 heterocycles. The third-order valence-electron chi connectivity index (χ3n) is 6.00. The molecule has 1 fully saturated rings. The highest BCUT2D eigenvalue weighted by atomic mass is 19.1. The van der Waals surface area contributed by atoms with Crippen molar-refractivity contribution in [3.8, 4) is 5.75 Å². The first-order valence-corrected chi connectivity index (χ1v) is 11.6. The van der Waals surface area contributed by atoms with E-state index < -0.39 is 6.04 Å². The van der Waals surface area contributed by atoms with Crippen LogP contribution in [0, 0.1) is 5.82 Å². The quantitative estimate of drug-likeness (QED) is 0.592. The molecule has 0 spiro atoms. The molecule has 1 saturated carbocycles. The molecule has 2 aromatic carbocycles. The van der Waals surface area contributed by atoms with Crippen LogP contribution < -0.4 is 10.1 Å². The van der Waals surface area contributed by atoms with Crippen molar-refractivity contribution in [3.05, 3.63) is 66.0 Å². The highest BCUT2D eigenvalue weighted by molar-refractivity contribution is 5.88. The summed E-state index contributed by atoms with van der Waals surface area (Å²) >= 11 is 0. The highest BCUT2D eigenvalue weighted by Crippen LogP contribution is 2.19. The molecule has 0 bridgehead atoms. The maximum Gasteiger partial charge on any atom is 0.261 e. The molecule has 3 rings (SSSR count). The van der Waals surface area contributed by atoms with Crippen LogP contribution >= 0.6 is 0 Å². The minimum atomic E-state index is -0.551. The summed E-state index contributed by atoms with van der Waals surface area (Å²) in [7, 11) is 0. The third-order valence-corrected chi connectivity index (χ3v) is 6.00. The van der Waals surface area contributed by atoms with Crippen LogP contribution in [0.2, 0.25) is 0 Å². The number of benzene rings is 2. The summed E-state index contributed by atoms with van der Waals surface area (Å²) < 4.78 is 18.7. The zero-order valence-corrected chi connectivity index (χ0v) is 18.8. The van der Waals surface area contributed by atoms with Crippen molar-refractivity contribution in [3.63, 3.8) is 0 Å². The zero-order chi connectivity index (χ0) is 22.8. The van der Waals surface area contributed by atoms with Gasteiger partial charge in [-0.05, 0) is 55.5 Å². The van der Waals surface area contributed by atoms with Crippen molar-refractivity contribution in [2.45, 2.75) is 64.0 Å². The molecule has 1 N–H and O–H groups in total. The van der Waals surface area contributed by atoms with Crippen LogP contribution in [0.15, 0.2) is 54.6 Å². The highest BCUT2D eigenvalue weighted by Gasteiger charge is 2.30. The van der Waals surface area contributed by atoms with Gasteiger partial charge in [-0.1, -0.05) is 56.5 Å². The minimum absolute atomic E-state index is 0.0948. The van der Waals surface area contributed by atoms with Crippen LogP contribution in [0.4, 0.5) is 4.39 Å². The first-order valence-electron chi connectivity index (χ1n) is 11.6. The number of nitrogens with one attached hydrogen (secondary N) is 1. The fourth-order valence-corrected chi connectivity index (χ4v) is 4.20. The van der Waals surface area contributed by atoms with Crippen LogP contribution in [0.3, 0.4) is 0 Å². The molecule has 0 saturated heterocycles. The molecule has 0 unspecified atom stereocenters. The van der Waals surface area contributed by atoms with Crippen LogP contribution in [0.5, 0.6) is 5.75 Å². The lowest BCUT2D eigenvalue weighted by molar-refractivity contribution is -0.142. The van der Waals surface area contributed by atoms with Gasteiger partial charge in [-0.25, -0.2) is 4.39 Å². The van der Waals surface area contributed by atoms with E-state index in [4.69, 9.17) is 4.74 Å². The van der Waals surface area contributed by atoms with Crippen molar-refractivity contribution in [2.75, 3.05) is 13.2 Å². The predicted molar refractivity (Wildman–Crippen MR) is 123 cm³/mol. The third kappa shape index (κ3) is 7.08. The molecule has 172 valence electrons. The molecule has 2 aromatic rings. The van der Waals surface area contributed by atoms with E-state index in [1.54, 1.807) is 4.90 Å². The zero-order valence-electron chi connectivity index (χ0n) is 18.8. The largest absolute Gasteiger partial charge is 0.484 e. The van der Waals surface area contributed by atoms with Gasteiger partial charge < -0.3 is 15.0 Å². The number of carbonyl (C=O) groups is 2. The van der Waals surface area contributed by atoms with Crippen LogP contribution in [-0.2, 0) is 16.0 Å². The number of ether oxygens (including phenoxy) is 1. The molecule has 32 heavy (non-hydrogen) atoms. The average Bonchev–Trinajstić information content (AvgIpc) is 2.82. The van der Waals surface area contributed by atoms with Crippen LogP contribution in [0.1, 0.15) is 51.0 Å². The Morgan fingerprint density at radius 2 is 1.75 bits per heavy atom. The molecule has 0 aromatic heterocycles. The van der Waals surface area contributed by atoms with Crippen molar-refractivity contribution in [1.82, 2.24) is 10.2 Å². The lowest BCUT2D eigenvalue weighted by atomic mass is 9.95. The summed E-state index contributed by atoms with van der Waals surface area (Å²) in [6.07, 6.45) is 6.63. The molecule has 1 aliphatic carbocycles. The SMILES string of the molecule is CC[C@@H](C(=O)NC1CCCCC1)N(CCc1ccccc1)C(=O)COc1ccc(F)cc1. The lowest BCUT2D eigenvalue weighted by Gasteiger charge is -2.32. The summed E-state index contributed by atoms with van der Waals surface area (Å²) in [6, 6.07) is 15.1. The molecule has 0 radical (unpaired) electrons. The van der Waals surface area contributed by atoms with E-state index in [9.17, 15) is 14.0 Å². The van der Waals surface area contributed by atoms with Gasteiger partial charge in [-0.2, -0.15) is 0 Å². The summed E-state index contributed by atoms with van der Waals surface area (Å²) in [5.41, 5.74) is 1.10. The predicted octanol–water partition coefficient (Wildman–Crippen LogP) is 4.50. The van der Waals surface area contributed by atoms with Gasteiger partial charge in [0.15, 0.2) is 6.61 Å². The fraction of sp³-hybridized carbons (Fsp3) is 0.462. The number of rotatable bonds is 10. The topological polar surface area (TPSA) is 58.6 Å². The van der Waals surface area contributed by atoms with Crippen molar-refractivity contribution in [1.29, 1.82) is 0 Å². The average molecular weight is 441 g/mol. The smallest absolute Gasteiger partial charge is 0.261 e. The van der Waals surface area contributed by atoms with Gasteiger partial charge in [-0.15, -0.1) is 0 Å². The summed E-state index contributed by atoms with van der Waals surface area (Å²) in [5.74, 6) is -0.292. The number of carbonyl (C=O) groups excluding carboxylic acids is 2. The second-order valence-electron chi connectivity index (χ2n) is 8.33. The van der Waals surface area contributed by atoms with Gasteiger partial charge in [-0.3, -0.25) is 9.59 Å². The number of hydrogen-bond acceptors (Lipinski definition) is 3. The molecule has 1 atom stereocenters. The van der Waals surface area contributed by atoms with E-state index >= 15 is 0 Å². The molecule has 6 heteroatoms. The second-order valence-corrected chi connectivity index (χ2v) is 8.33. The van der Waals surface area contributed by atoms with E-state index in [2.05, 4.69) is 5.32 Å². The van der Waals surface area contributed by atoms with Crippen molar-refractivity contribution in [2.24, 2.45) is 0 Å². The van der Waals surface area contributed by atoms with Crippen molar-refractivity contribution >= 4 is 11.8 Å².